The molecule has 2 fully saturated rings. The van der Waals surface area contributed by atoms with E-state index in [2.05, 4.69) is 24.5 Å². The summed E-state index contributed by atoms with van der Waals surface area (Å²) in [6, 6.07) is 0.754. The van der Waals surface area contributed by atoms with Gasteiger partial charge < -0.3 is 10.6 Å². The van der Waals surface area contributed by atoms with Crippen LogP contribution in [0.5, 0.6) is 0 Å². The highest BCUT2D eigenvalue weighted by atomic mass is 35.5. The third-order valence-corrected chi connectivity index (χ3v) is 5.15. The second-order valence-electron chi connectivity index (χ2n) is 5.93. The molecule has 1 aliphatic carbocycles. The van der Waals surface area contributed by atoms with Crippen LogP contribution in [0.25, 0.3) is 0 Å². The zero-order chi connectivity index (χ0) is 12.3. The molecule has 2 atom stereocenters. The van der Waals surface area contributed by atoms with Crippen molar-refractivity contribution in [1.29, 1.82) is 0 Å². The first kappa shape index (κ1) is 16.1. The first-order chi connectivity index (χ1) is 8.08. The van der Waals surface area contributed by atoms with Crippen LogP contribution in [-0.4, -0.2) is 36.0 Å². The second kappa shape index (κ2) is 7.01. The molecule has 2 unspecified atom stereocenters. The van der Waals surface area contributed by atoms with E-state index >= 15 is 0 Å². The highest BCUT2D eigenvalue weighted by molar-refractivity contribution is 7.99. The molecule has 0 aromatic rings. The molecule has 0 radical (unpaired) electrons. The lowest BCUT2D eigenvalue weighted by Crippen LogP contribution is -2.46. The summed E-state index contributed by atoms with van der Waals surface area (Å²) in [6.07, 6.45) is 4.26. The van der Waals surface area contributed by atoms with Crippen LogP contribution in [0.15, 0.2) is 0 Å². The Kier molecular flexibility index (Phi) is 6.28. The fraction of sp³-hybridized carbons (Fsp3) is 0.923. The minimum Gasteiger partial charge on any atom is -0.353 e. The van der Waals surface area contributed by atoms with Crippen molar-refractivity contribution in [3.8, 4) is 0 Å². The Morgan fingerprint density at radius 3 is 2.83 bits per heavy atom. The Hall–Kier alpha value is 0.0700. The highest BCUT2D eigenvalue weighted by Gasteiger charge is 2.35. The molecule has 3 nitrogen and oxygen atoms in total. The largest absolute Gasteiger partial charge is 0.353 e. The molecule has 2 N–H and O–H groups in total. The van der Waals surface area contributed by atoms with Crippen LogP contribution >= 0.6 is 24.2 Å². The van der Waals surface area contributed by atoms with Gasteiger partial charge in [0.05, 0.1) is 0 Å². The van der Waals surface area contributed by atoms with Crippen molar-refractivity contribution in [3.63, 3.8) is 0 Å². The number of thioether (sulfide) groups is 1. The fourth-order valence-electron chi connectivity index (χ4n) is 2.82. The van der Waals surface area contributed by atoms with Crippen molar-refractivity contribution in [2.24, 2.45) is 5.41 Å². The minimum absolute atomic E-state index is 0. The first-order valence-electron chi connectivity index (χ1n) is 6.68. The van der Waals surface area contributed by atoms with E-state index in [1.807, 2.05) is 11.8 Å². The maximum absolute atomic E-state index is 12.0. The van der Waals surface area contributed by atoms with E-state index in [9.17, 15) is 4.79 Å². The van der Waals surface area contributed by atoms with Crippen molar-refractivity contribution < 1.29 is 4.79 Å². The summed E-state index contributed by atoms with van der Waals surface area (Å²) in [5, 5.41) is 6.64. The molecule has 18 heavy (non-hydrogen) atoms. The standard InChI is InChI=1S/C13H24N2OS.ClH/c1-13(2)5-3-4-11(13)15-12(16)8-10-9-17-7-6-14-10;/h10-11,14H,3-9H2,1-2H3,(H,15,16);1H. The molecule has 1 saturated carbocycles. The normalized spacial score (nSPS) is 30.6. The lowest BCUT2D eigenvalue weighted by molar-refractivity contribution is -0.122. The predicted molar refractivity (Wildman–Crippen MR) is 80.5 cm³/mol. The van der Waals surface area contributed by atoms with Gasteiger partial charge in [0.2, 0.25) is 5.91 Å². The minimum atomic E-state index is 0. The lowest BCUT2D eigenvalue weighted by atomic mass is 9.87. The fourth-order valence-corrected chi connectivity index (χ4v) is 3.77. The number of carbonyl (C=O) groups is 1. The van der Waals surface area contributed by atoms with Crippen molar-refractivity contribution in [1.82, 2.24) is 10.6 Å². The molecule has 1 heterocycles. The molecule has 0 spiro atoms. The molecule has 1 aliphatic heterocycles. The van der Waals surface area contributed by atoms with Crippen LogP contribution in [0.1, 0.15) is 39.5 Å². The van der Waals surface area contributed by atoms with Crippen LogP contribution in [0.3, 0.4) is 0 Å². The molecule has 2 rings (SSSR count). The van der Waals surface area contributed by atoms with Gasteiger partial charge in [0.25, 0.3) is 0 Å². The second-order valence-corrected chi connectivity index (χ2v) is 7.08. The van der Waals surface area contributed by atoms with Crippen molar-refractivity contribution in [2.75, 3.05) is 18.1 Å². The summed E-state index contributed by atoms with van der Waals surface area (Å²) in [7, 11) is 0. The first-order valence-corrected chi connectivity index (χ1v) is 7.84. The van der Waals surface area contributed by atoms with Gasteiger partial charge in [0.15, 0.2) is 0 Å². The van der Waals surface area contributed by atoms with Gasteiger partial charge in [-0.3, -0.25) is 4.79 Å². The summed E-state index contributed by atoms with van der Waals surface area (Å²) >= 11 is 1.95. The smallest absolute Gasteiger partial charge is 0.221 e. The molecule has 0 aromatic heterocycles. The van der Waals surface area contributed by atoms with Crippen molar-refractivity contribution in [3.05, 3.63) is 0 Å². The lowest BCUT2D eigenvalue weighted by Gasteiger charge is -2.29. The van der Waals surface area contributed by atoms with Gasteiger partial charge in [-0.25, -0.2) is 0 Å². The molecule has 1 saturated heterocycles. The molecular weight excluding hydrogens is 268 g/mol. The van der Waals surface area contributed by atoms with Gasteiger partial charge in [0, 0.05) is 36.6 Å². The average molecular weight is 293 g/mol. The Morgan fingerprint density at radius 2 is 2.28 bits per heavy atom. The van der Waals surface area contributed by atoms with Crippen LogP contribution in [0.4, 0.5) is 0 Å². The summed E-state index contributed by atoms with van der Waals surface area (Å²) in [5.41, 5.74) is 0.282. The molecule has 2 aliphatic rings. The summed E-state index contributed by atoms with van der Waals surface area (Å²) in [6.45, 7) is 5.57. The maximum atomic E-state index is 12.0. The number of nitrogens with one attached hydrogen (secondary N) is 2. The average Bonchev–Trinajstić information content (AvgIpc) is 2.59. The molecular formula is C13H25ClN2OS. The van der Waals surface area contributed by atoms with E-state index in [1.165, 1.54) is 18.6 Å². The predicted octanol–water partition coefficient (Wildman–Crippen LogP) is 2.20. The summed E-state index contributed by atoms with van der Waals surface area (Å²) in [4.78, 5) is 12.0. The zero-order valence-electron chi connectivity index (χ0n) is 11.3. The number of hydrogen-bond acceptors (Lipinski definition) is 3. The van der Waals surface area contributed by atoms with E-state index in [-0.39, 0.29) is 23.7 Å². The van der Waals surface area contributed by atoms with Crippen LogP contribution in [0.2, 0.25) is 0 Å². The van der Waals surface area contributed by atoms with E-state index in [0.29, 0.717) is 18.5 Å². The van der Waals surface area contributed by atoms with Gasteiger partial charge in [-0.05, 0) is 18.3 Å². The topological polar surface area (TPSA) is 41.1 Å². The van der Waals surface area contributed by atoms with Crippen molar-refractivity contribution in [2.45, 2.75) is 51.6 Å². The Balaban J connectivity index is 0.00000162. The number of halogens is 1. The molecule has 5 heteroatoms. The van der Waals surface area contributed by atoms with Crippen LogP contribution in [0, 0.1) is 5.41 Å². The van der Waals surface area contributed by atoms with Gasteiger partial charge in [-0.1, -0.05) is 20.3 Å². The van der Waals surface area contributed by atoms with Gasteiger partial charge in [-0.2, -0.15) is 11.8 Å². The Morgan fingerprint density at radius 1 is 1.50 bits per heavy atom. The highest BCUT2D eigenvalue weighted by Crippen LogP contribution is 2.37. The van der Waals surface area contributed by atoms with Gasteiger partial charge >= 0.3 is 0 Å². The molecule has 1 amide bonds. The number of amides is 1. The van der Waals surface area contributed by atoms with E-state index in [1.54, 1.807) is 0 Å². The third kappa shape index (κ3) is 4.32. The van der Waals surface area contributed by atoms with Crippen LogP contribution in [-0.2, 0) is 4.79 Å². The van der Waals surface area contributed by atoms with Gasteiger partial charge in [-0.15, -0.1) is 12.4 Å². The summed E-state index contributed by atoms with van der Waals surface area (Å²) < 4.78 is 0. The van der Waals surface area contributed by atoms with Gasteiger partial charge in [0.1, 0.15) is 0 Å². The maximum Gasteiger partial charge on any atom is 0.221 e. The third-order valence-electron chi connectivity index (χ3n) is 4.02. The van der Waals surface area contributed by atoms with E-state index in [4.69, 9.17) is 0 Å². The van der Waals surface area contributed by atoms with Crippen LogP contribution < -0.4 is 10.6 Å². The molecule has 0 bridgehead atoms. The van der Waals surface area contributed by atoms with E-state index < -0.39 is 0 Å². The Bertz CT molecular complexity index is 280. The number of hydrogen-bond donors (Lipinski definition) is 2. The molecule has 106 valence electrons. The van der Waals surface area contributed by atoms with Crippen molar-refractivity contribution >= 4 is 30.1 Å². The Labute approximate surface area is 121 Å². The quantitative estimate of drug-likeness (QED) is 0.838. The molecule has 0 aromatic carbocycles. The summed E-state index contributed by atoms with van der Waals surface area (Å²) in [5.74, 6) is 2.47. The van der Waals surface area contributed by atoms with E-state index in [0.717, 1.165) is 18.7 Å². The monoisotopic (exact) mass is 292 g/mol. The number of carbonyl (C=O) groups excluding carboxylic acids is 1. The number of rotatable bonds is 3. The zero-order valence-corrected chi connectivity index (χ0v) is 13.0. The SMILES string of the molecule is CC1(C)CCCC1NC(=O)CC1CSCCN1.Cl.